The van der Waals surface area contributed by atoms with E-state index in [1.807, 2.05) is 36.4 Å². The highest BCUT2D eigenvalue weighted by molar-refractivity contribution is 5.89. The highest BCUT2D eigenvalue weighted by Crippen LogP contribution is 2.44. The second-order valence-corrected chi connectivity index (χ2v) is 8.61. The highest BCUT2D eigenvalue weighted by Gasteiger charge is 2.48. The summed E-state index contributed by atoms with van der Waals surface area (Å²) in [5, 5.41) is 11.9. The van der Waals surface area contributed by atoms with Crippen LogP contribution >= 0.6 is 0 Å². The van der Waals surface area contributed by atoms with E-state index in [9.17, 15) is 19.5 Å². The first-order valence-electron chi connectivity index (χ1n) is 10.6. The van der Waals surface area contributed by atoms with Gasteiger partial charge in [-0.05, 0) is 35.6 Å². The Morgan fingerprint density at radius 2 is 1.72 bits per heavy atom. The molecule has 0 saturated carbocycles. The number of fused-ring (bicyclic) bond motifs is 3. The zero-order valence-corrected chi connectivity index (χ0v) is 17.9. The summed E-state index contributed by atoms with van der Waals surface area (Å²) in [5.41, 5.74) is 3.53. The standard InChI is InChI=1S/C25H26N2O5/c1-3-8-21(22(28)27-14-25(2,15-27)23(29)30)26-24(31)32-13-20-18-11-6-4-9-16(18)17-10-5-7-12-19(17)20/h3-7,9-12,20-21H,1,8,13-15H2,2H3,(H,26,31)(H,29,30). The second-order valence-electron chi connectivity index (χ2n) is 8.61. The lowest BCUT2D eigenvalue weighted by atomic mass is 9.81. The lowest BCUT2D eigenvalue weighted by Gasteiger charge is -2.46. The molecule has 7 nitrogen and oxygen atoms in total. The molecule has 32 heavy (non-hydrogen) atoms. The monoisotopic (exact) mass is 434 g/mol. The fourth-order valence-corrected chi connectivity index (χ4v) is 4.48. The number of carboxylic acid groups (broad SMARTS) is 1. The molecule has 1 heterocycles. The molecule has 2 aromatic rings. The highest BCUT2D eigenvalue weighted by atomic mass is 16.5. The van der Waals surface area contributed by atoms with Crippen molar-refractivity contribution in [1.82, 2.24) is 10.2 Å². The Kier molecular flexibility index (Phi) is 5.74. The van der Waals surface area contributed by atoms with Gasteiger partial charge >= 0.3 is 12.1 Å². The minimum absolute atomic E-state index is 0.0756. The molecule has 0 radical (unpaired) electrons. The third kappa shape index (κ3) is 3.86. The van der Waals surface area contributed by atoms with Gasteiger partial charge in [0.25, 0.3) is 0 Å². The van der Waals surface area contributed by atoms with E-state index >= 15 is 0 Å². The molecule has 1 aliphatic heterocycles. The number of ether oxygens (including phenoxy) is 1. The van der Waals surface area contributed by atoms with Crippen LogP contribution in [-0.4, -0.2) is 53.7 Å². The van der Waals surface area contributed by atoms with Crippen LogP contribution in [0.5, 0.6) is 0 Å². The first-order valence-corrected chi connectivity index (χ1v) is 10.6. The molecule has 1 saturated heterocycles. The van der Waals surface area contributed by atoms with Crippen LogP contribution in [0.2, 0.25) is 0 Å². The maximum absolute atomic E-state index is 12.8. The summed E-state index contributed by atoms with van der Waals surface area (Å²) in [4.78, 5) is 38.0. The maximum atomic E-state index is 12.8. The Bertz CT molecular complexity index is 1030. The van der Waals surface area contributed by atoms with Crippen molar-refractivity contribution >= 4 is 18.0 Å². The van der Waals surface area contributed by atoms with E-state index in [0.29, 0.717) is 0 Å². The predicted molar refractivity (Wildman–Crippen MR) is 119 cm³/mol. The van der Waals surface area contributed by atoms with Gasteiger partial charge in [0.15, 0.2) is 0 Å². The smallest absolute Gasteiger partial charge is 0.407 e. The number of nitrogens with one attached hydrogen (secondary N) is 1. The largest absolute Gasteiger partial charge is 0.481 e. The quantitative estimate of drug-likeness (QED) is 0.651. The Morgan fingerprint density at radius 3 is 2.25 bits per heavy atom. The number of carbonyl (C=O) groups excluding carboxylic acids is 2. The van der Waals surface area contributed by atoms with Gasteiger partial charge in [0.2, 0.25) is 5.91 Å². The average molecular weight is 434 g/mol. The molecule has 4 rings (SSSR count). The second kappa shape index (κ2) is 8.49. The van der Waals surface area contributed by atoms with E-state index in [1.54, 1.807) is 13.0 Å². The van der Waals surface area contributed by atoms with Crippen LogP contribution < -0.4 is 5.32 Å². The first kappa shape index (κ1) is 21.6. The molecule has 1 atom stereocenters. The van der Waals surface area contributed by atoms with Gasteiger partial charge in [-0.2, -0.15) is 0 Å². The molecule has 2 aliphatic rings. The third-order valence-corrected chi connectivity index (χ3v) is 6.24. The zero-order chi connectivity index (χ0) is 22.9. The van der Waals surface area contributed by atoms with Gasteiger partial charge in [0.05, 0.1) is 5.41 Å². The molecule has 0 spiro atoms. The van der Waals surface area contributed by atoms with Gasteiger partial charge < -0.3 is 20.1 Å². The normalized spacial score (nSPS) is 16.8. The van der Waals surface area contributed by atoms with E-state index < -0.39 is 23.5 Å². The predicted octanol–water partition coefficient (Wildman–Crippen LogP) is 3.40. The van der Waals surface area contributed by atoms with E-state index in [4.69, 9.17) is 4.74 Å². The maximum Gasteiger partial charge on any atom is 0.407 e. The minimum Gasteiger partial charge on any atom is -0.481 e. The zero-order valence-electron chi connectivity index (χ0n) is 17.9. The van der Waals surface area contributed by atoms with Crippen LogP contribution in [0.25, 0.3) is 11.1 Å². The van der Waals surface area contributed by atoms with Crippen molar-refractivity contribution in [2.75, 3.05) is 19.7 Å². The third-order valence-electron chi connectivity index (χ3n) is 6.24. The Balaban J connectivity index is 1.39. The summed E-state index contributed by atoms with van der Waals surface area (Å²) >= 11 is 0. The molecule has 166 valence electrons. The molecule has 7 heteroatoms. The average Bonchev–Trinajstić information content (AvgIpc) is 3.08. The molecular weight excluding hydrogens is 408 g/mol. The molecule has 2 amide bonds. The Hall–Kier alpha value is -3.61. The molecule has 2 aromatic carbocycles. The van der Waals surface area contributed by atoms with Crippen LogP contribution in [0.4, 0.5) is 4.79 Å². The number of amides is 2. The van der Waals surface area contributed by atoms with Gasteiger partial charge in [-0.1, -0.05) is 54.6 Å². The summed E-state index contributed by atoms with van der Waals surface area (Å²) in [7, 11) is 0. The van der Waals surface area contributed by atoms with Crippen molar-refractivity contribution in [3.05, 3.63) is 72.3 Å². The number of hydrogen-bond donors (Lipinski definition) is 2. The fourth-order valence-electron chi connectivity index (χ4n) is 4.48. The van der Waals surface area contributed by atoms with Gasteiger partial charge in [0, 0.05) is 19.0 Å². The van der Waals surface area contributed by atoms with Crippen LogP contribution in [0.3, 0.4) is 0 Å². The summed E-state index contributed by atoms with van der Waals surface area (Å²) in [6.45, 7) is 5.62. The number of rotatable bonds is 7. The molecule has 2 N–H and O–H groups in total. The molecule has 1 unspecified atom stereocenters. The number of benzene rings is 2. The molecule has 0 bridgehead atoms. The Labute approximate surface area is 186 Å². The van der Waals surface area contributed by atoms with Crippen molar-refractivity contribution in [2.24, 2.45) is 5.41 Å². The van der Waals surface area contributed by atoms with Crippen molar-refractivity contribution in [3.8, 4) is 11.1 Å². The van der Waals surface area contributed by atoms with Crippen molar-refractivity contribution in [1.29, 1.82) is 0 Å². The number of aliphatic carboxylic acids is 1. The molecule has 0 aromatic heterocycles. The molecular formula is C25H26N2O5. The van der Waals surface area contributed by atoms with Gasteiger partial charge in [-0.3, -0.25) is 9.59 Å². The first-order chi connectivity index (χ1) is 15.3. The summed E-state index contributed by atoms with van der Waals surface area (Å²) in [6.07, 6.45) is 1.08. The summed E-state index contributed by atoms with van der Waals surface area (Å²) in [6, 6.07) is 15.3. The number of carbonyl (C=O) groups is 3. The van der Waals surface area contributed by atoms with Crippen molar-refractivity contribution in [3.63, 3.8) is 0 Å². The van der Waals surface area contributed by atoms with Gasteiger partial charge in [0.1, 0.15) is 12.6 Å². The van der Waals surface area contributed by atoms with Crippen LogP contribution in [-0.2, 0) is 14.3 Å². The van der Waals surface area contributed by atoms with Crippen molar-refractivity contribution in [2.45, 2.75) is 25.3 Å². The number of hydrogen-bond acceptors (Lipinski definition) is 4. The minimum atomic E-state index is -0.946. The van der Waals surface area contributed by atoms with Crippen molar-refractivity contribution < 1.29 is 24.2 Å². The lowest BCUT2D eigenvalue weighted by Crippen LogP contribution is -2.64. The van der Waals surface area contributed by atoms with Crippen LogP contribution in [0.15, 0.2) is 61.2 Å². The fraction of sp³-hybridized carbons (Fsp3) is 0.320. The Morgan fingerprint density at radius 1 is 1.16 bits per heavy atom. The van der Waals surface area contributed by atoms with E-state index in [0.717, 1.165) is 22.3 Å². The number of likely N-dealkylation sites (tertiary alicyclic amines) is 1. The molecule has 1 aliphatic carbocycles. The van der Waals surface area contributed by atoms with E-state index in [-0.39, 0.29) is 37.9 Å². The van der Waals surface area contributed by atoms with E-state index in [2.05, 4.69) is 24.0 Å². The van der Waals surface area contributed by atoms with Gasteiger partial charge in [-0.25, -0.2) is 4.79 Å². The van der Waals surface area contributed by atoms with Crippen LogP contribution in [0, 0.1) is 5.41 Å². The number of alkyl carbamates (subject to hydrolysis) is 1. The van der Waals surface area contributed by atoms with E-state index in [1.165, 1.54) is 4.90 Å². The topological polar surface area (TPSA) is 95.9 Å². The molecule has 1 fully saturated rings. The lowest BCUT2D eigenvalue weighted by molar-refractivity contribution is -0.164. The number of carboxylic acids is 1. The summed E-state index contributed by atoms with van der Waals surface area (Å²) < 4.78 is 5.53. The van der Waals surface area contributed by atoms with Crippen LogP contribution in [0.1, 0.15) is 30.4 Å². The SMILES string of the molecule is C=CCC(NC(=O)OCC1c2ccccc2-c2ccccc21)C(=O)N1CC(C)(C(=O)O)C1. The van der Waals surface area contributed by atoms with Gasteiger partial charge in [-0.15, -0.1) is 6.58 Å². The summed E-state index contributed by atoms with van der Waals surface area (Å²) in [5.74, 6) is -1.35. The number of nitrogens with zero attached hydrogens (tertiary/aromatic N) is 1.